The zero-order chi connectivity index (χ0) is 13.1. The number of carbonyl (C=O) groups is 1. The first-order valence-electron chi connectivity index (χ1n) is 6.47. The fourth-order valence-electron chi connectivity index (χ4n) is 4.01. The molecule has 1 unspecified atom stereocenters. The van der Waals surface area contributed by atoms with Crippen LogP contribution in [0, 0.1) is 5.92 Å². The van der Waals surface area contributed by atoms with Crippen LogP contribution in [0.15, 0.2) is 24.3 Å². The van der Waals surface area contributed by atoms with Crippen LogP contribution >= 0.6 is 0 Å². The summed E-state index contributed by atoms with van der Waals surface area (Å²) >= 11 is 0. The number of likely N-dealkylation sites (tertiary alicyclic amines) is 1. The first kappa shape index (κ1) is 11.7. The van der Waals surface area contributed by atoms with Gasteiger partial charge in [0, 0.05) is 12.5 Å². The number of carboxylic acid groups (broad SMARTS) is 1. The average molecular weight is 245 g/mol. The van der Waals surface area contributed by atoms with Gasteiger partial charge in [-0.3, -0.25) is 9.69 Å². The molecule has 1 heterocycles. The van der Waals surface area contributed by atoms with Crippen molar-refractivity contribution in [1.29, 1.82) is 0 Å². The van der Waals surface area contributed by atoms with Gasteiger partial charge in [0.2, 0.25) is 0 Å². The van der Waals surface area contributed by atoms with Crippen molar-refractivity contribution in [1.82, 2.24) is 4.90 Å². The maximum Gasteiger partial charge on any atom is 0.321 e. The molecule has 3 rings (SSSR count). The normalized spacial score (nSPS) is 33.2. The van der Waals surface area contributed by atoms with Gasteiger partial charge in [-0.1, -0.05) is 38.1 Å². The van der Waals surface area contributed by atoms with Crippen LogP contribution < -0.4 is 0 Å². The lowest BCUT2D eigenvalue weighted by molar-refractivity contribution is -0.142. The third-order valence-electron chi connectivity index (χ3n) is 4.93. The summed E-state index contributed by atoms with van der Waals surface area (Å²) in [5.74, 6) is -0.155. The van der Waals surface area contributed by atoms with Crippen molar-refractivity contribution in [3.8, 4) is 0 Å². The van der Waals surface area contributed by atoms with Crippen molar-refractivity contribution in [2.24, 2.45) is 5.92 Å². The minimum absolute atomic E-state index is 0.0692. The number of rotatable bonds is 1. The first-order valence-corrected chi connectivity index (χ1v) is 6.47. The molecule has 3 heteroatoms. The molecule has 1 aromatic carbocycles. The summed E-state index contributed by atoms with van der Waals surface area (Å²) in [6.07, 6.45) is 0. The van der Waals surface area contributed by atoms with Gasteiger partial charge >= 0.3 is 5.97 Å². The number of nitrogens with zero attached hydrogens (tertiary/aromatic N) is 1. The lowest BCUT2D eigenvalue weighted by atomic mass is 9.76. The Bertz CT molecular complexity index is 509. The Morgan fingerprint density at radius 3 is 2.72 bits per heavy atom. The molecule has 2 aliphatic rings. The monoisotopic (exact) mass is 245 g/mol. The Morgan fingerprint density at radius 2 is 2.06 bits per heavy atom. The van der Waals surface area contributed by atoms with Crippen LogP contribution in [0.25, 0.3) is 0 Å². The first-order chi connectivity index (χ1) is 8.44. The Hall–Kier alpha value is -1.35. The van der Waals surface area contributed by atoms with Crippen molar-refractivity contribution < 1.29 is 9.90 Å². The van der Waals surface area contributed by atoms with Crippen LogP contribution in [0.2, 0.25) is 0 Å². The topological polar surface area (TPSA) is 40.5 Å². The van der Waals surface area contributed by atoms with Gasteiger partial charge in [0.05, 0.1) is 0 Å². The maximum atomic E-state index is 11.5. The van der Waals surface area contributed by atoms with Crippen molar-refractivity contribution in [2.75, 3.05) is 13.6 Å². The largest absolute Gasteiger partial charge is 0.480 e. The quantitative estimate of drug-likeness (QED) is 0.823. The van der Waals surface area contributed by atoms with E-state index in [0.717, 1.165) is 6.54 Å². The predicted octanol–water partition coefficient (Wildman–Crippen LogP) is 2.08. The Kier molecular flexibility index (Phi) is 2.33. The van der Waals surface area contributed by atoms with Crippen LogP contribution in [0.4, 0.5) is 0 Å². The number of carboxylic acids is 1. The SMILES string of the molecule is CN1CC2[C@H](c3ccccc3C2(C)C)[C@H]1C(=O)O. The molecule has 96 valence electrons. The Labute approximate surface area is 107 Å². The standard InChI is InChI=1S/C15H19NO2/c1-15(2)10-7-5-4-6-9(10)12-11(15)8-16(3)13(12)14(17)18/h4-7,11-13H,8H2,1-3H3,(H,17,18)/t11?,12-,13-/m0/s1. The second kappa shape index (κ2) is 3.58. The van der Waals surface area contributed by atoms with E-state index in [0.29, 0.717) is 5.92 Å². The maximum absolute atomic E-state index is 11.5. The lowest BCUT2D eigenvalue weighted by Crippen LogP contribution is -2.36. The summed E-state index contributed by atoms with van der Waals surface area (Å²) in [5.41, 5.74) is 2.64. The number of benzene rings is 1. The molecule has 3 atom stereocenters. The van der Waals surface area contributed by atoms with Crippen LogP contribution in [0.3, 0.4) is 0 Å². The predicted molar refractivity (Wildman–Crippen MR) is 69.8 cm³/mol. The molecule has 0 spiro atoms. The highest BCUT2D eigenvalue weighted by atomic mass is 16.4. The van der Waals surface area contributed by atoms with E-state index in [-0.39, 0.29) is 17.4 Å². The smallest absolute Gasteiger partial charge is 0.321 e. The molecule has 1 aliphatic heterocycles. The van der Waals surface area contributed by atoms with Crippen LogP contribution in [-0.4, -0.2) is 35.6 Å². The molecule has 3 nitrogen and oxygen atoms in total. The van der Waals surface area contributed by atoms with E-state index in [1.54, 1.807) is 0 Å². The second-order valence-corrected chi connectivity index (χ2v) is 6.16. The van der Waals surface area contributed by atoms with E-state index in [1.165, 1.54) is 11.1 Å². The third kappa shape index (κ3) is 1.31. The molecule has 0 aromatic heterocycles. The van der Waals surface area contributed by atoms with Crippen LogP contribution in [0.5, 0.6) is 0 Å². The minimum Gasteiger partial charge on any atom is -0.480 e. The highest BCUT2D eigenvalue weighted by Gasteiger charge is 2.56. The zero-order valence-electron chi connectivity index (χ0n) is 11.1. The summed E-state index contributed by atoms with van der Waals surface area (Å²) in [7, 11) is 1.93. The average Bonchev–Trinajstić information content (AvgIpc) is 2.75. The number of likely N-dealkylation sites (N-methyl/N-ethyl adjacent to an activating group) is 1. The molecule has 0 radical (unpaired) electrons. The van der Waals surface area contributed by atoms with Crippen molar-refractivity contribution in [3.05, 3.63) is 35.4 Å². The van der Waals surface area contributed by atoms with Crippen molar-refractivity contribution in [3.63, 3.8) is 0 Å². The van der Waals surface area contributed by atoms with Gasteiger partial charge in [0.25, 0.3) is 0 Å². The van der Waals surface area contributed by atoms with Crippen molar-refractivity contribution in [2.45, 2.75) is 31.2 Å². The minimum atomic E-state index is -0.697. The molecule has 1 fully saturated rings. The van der Waals surface area contributed by atoms with Gasteiger partial charge in [0.1, 0.15) is 6.04 Å². The van der Waals surface area contributed by atoms with E-state index < -0.39 is 5.97 Å². The van der Waals surface area contributed by atoms with Crippen LogP contribution in [0.1, 0.15) is 30.9 Å². The molecule has 0 amide bonds. The zero-order valence-corrected chi connectivity index (χ0v) is 11.1. The van der Waals surface area contributed by atoms with Gasteiger partial charge in [0.15, 0.2) is 0 Å². The van der Waals surface area contributed by atoms with E-state index in [2.05, 4.69) is 32.0 Å². The molecule has 0 bridgehead atoms. The fraction of sp³-hybridized carbons (Fsp3) is 0.533. The highest BCUT2D eigenvalue weighted by Crippen LogP contribution is 2.55. The Balaban J connectivity index is 2.16. The van der Waals surface area contributed by atoms with E-state index in [9.17, 15) is 9.90 Å². The summed E-state index contributed by atoms with van der Waals surface area (Å²) in [5, 5.41) is 9.48. The van der Waals surface area contributed by atoms with Gasteiger partial charge in [-0.2, -0.15) is 0 Å². The highest BCUT2D eigenvalue weighted by molar-refractivity contribution is 5.76. The molecular weight excluding hydrogens is 226 g/mol. The summed E-state index contributed by atoms with van der Waals surface area (Å²) in [6, 6.07) is 7.97. The molecule has 1 aliphatic carbocycles. The van der Waals surface area contributed by atoms with Crippen molar-refractivity contribution >= 4 is 5.97 Å². The van der Waals surface area contributed by atoms with E-state index >= 15 is 0 Å². The number of hydrogen-bond donors (Lipinski definition) is 1. The number of hydrogen-bond acceptors (Lipinski definition) is 2. The summed E-state index contributed by atoms with van der Waals surface area (Å²) in [4.78, 5) is 13.5. The number of fused-ring (bicyclic) bond motifs is 3. The van der Waals surface area contributed by atoms with Gasteiger partial charge in [-0.05, 0) is 29.5 Å². The van der Waals surface area contributed by atoms with E-state index in [4.69, 9.17) is 0 Å². The molecular formula is C15H19NO2. The van der Waals surface area contributed by atoms with Crippen LogP contribution in [-0.2, 0) is 10.2 Å². The molecule has 1 aromatic rings. The van der Waals surface area contributed by atoms with E-state index in [1.807, 2.05) is 18.0 Å². The Morgan fingerprint density at radius 1 is 1.39 bits per heavy atom. The molecule has 1 N–H and O–H groups in total. The lowest BCUT2D eigenvalue weighted by Gasteiger charge is -2.27. The van der Waals surface area contributed by atoms with Gasteiger partial charge < -0.3 is 5.11 Å². The molecule has 1 saturated heterocycles. The second-order valence-electron chi connectivity index (χ2n) is 6.16. The molecule has 0 saturated carbocycles. The summed E-state index contributed by atoms with van der Waals surface area (Å²) < 4.78 is 0. The fourth-order valence-corrected chi connectivity index (χ4v) is 4.01. The molecule has 18 heavy (non-hydrogen) atoms. The third-order valence-corrected chi connectivity index (χ3v) is 4.93. The van der Waals surface area contributed by atoms with Gasteiger partial charge in [-0.15, -0.1) is 0 Å². The summed E-state index contributed by atoms with van der Waals surface area (Å²) in [6.45, 7) is 5.35. The van der Waals surface area contributed by atoms with Gasteiger partial charge in [-0.25, -0.2) is 0 Å². The number of aliphatic carboxylic acids is 1.